The highest BCUT2D eigenvalue weighted by Crippen LogP contribution is 2.09. The van der Waals surface area contributed by atoms with Crippen molar-refractivity contribution < 1.29 is 4.79 Å². The number of nitrogens with one attached hydrogen (secondary N) is 1. The molecule has 1 amide bonds. The summed E-state index contributed by atoms with van der Waals surface area (Å²) in [5.41, 5.74) is 0. The predicted octanol–water partition coefficient (Wildman–Crippen LogP) is 1.71. The third kappa shape index (κ3) is 6.92. The molecule has 4 nitrogen and oxygen atoms in total. The van der Waals surface area contributed by atoms with Crippen molar-refractivity contribution in [3.63, 3.8) is 0 Å². The number of hydrogen-bond donors (Lipinski definition) is 1. The molecule has 0 aromatic carbocycles. The van der Waals surface area contributed by atoms with E-state index in [-0.39, 0.29) is 5.91 Å². The number of carbonyl (C=O) groups is 1. The van der Waals surface area contributed by atoms with Gasteiger partial charge in [0, 0.05) is 19.1 Å². The van der Waals surface area contributed by atoms with E-state index in [9.17, 15) is 4.79 Å². The number of likely N-dealkylation sites (tertiary alicyclic amines) is 1. The molecule has 1 N–H and O–H groups in total. The Morgan fingerprint density at radius 2 is 1.84 bits per heavy atom. The first-order valence-electron chi connectivity index (χ1n) is 7.80. The molecule has 19 heavy (non-hydrogen) atoms. The summed E-state index contributed by atoms with van der Waals surface area (Å²) >= 11 is 0. The predicted molar refractivity (Wildman–Crippen MR) is 80.3 cm³/mol. The molecular weight excluding hydrogens is 238 g/mol. The second-order valence-corrected chi connectivity index (χ2v) is 5.90. The van der Waals surface area contributed by atoms with E-state index in [1.807, 2.05) is 4.90 Å². The van der Waals surface area contributed by atoms with Gasteiger partial charge in [-0.2, -0.15) is 0 Å². The highest BCUT2D eigenvalue weighted by atomic mass is 16.2. The fourth-order valence-electron chi connectivity index (χ4n) is 2.34. The van der Waals surface area contributed by atoms with Crippen molar-refractivity contribution in [1.82, 2.24) is 15.1 Å². The van der Waals surface area contributed by atoms with Gasteiger partial charge in [-0.05, 0) is 53.2 Å². The van der Waals surface area contributed by atoms with Crippen LogP contribution in [0.2, 0.25) is 0 Å². The van der Waals surface area contributed by atoms with Gasteiger partial charge >= 0.3 is 0 Å². The molecule has 0 aromatic rings. The molecule has 0 unspecified atom stereocenters. The molecule has 0 spiro atoms. The molecule has 0 atom stereocenters. The topological polar surface area (TPSA) is 35.6 Å². The van der Waals surface area contributed by atoms with Gasteiger partial charge in [-0.15, -0.1) is 0 Å². The minimum absolute atomic E-state index is 0.277. The van der Waals surface area contributed by atoms with Crippen LogP contribution in [0.4, 0.5) is 0 Å². The van der Waals surface area contributed by atoms with Crippen LogP contribution in [-0.4, -0.2) is 61.5 Å². The van der Waals surface area contributed by atoms with Gasteiger partial charge in [0.2, 0.25) is 5.91 Å². The van der Waals surface area contributed by atoms with Crippen LogP contribution in [0.5, 0.6) is 0 Å². The van der Waals surface area contributed by atoms with E-state index in [0.29, 0.717) is 12.6 Å². The van der Waals surface area contributed by atoms with Gasteiger partial charge in [-0.3, -0.25) is 4.79 Å². The molecule has 112 valence electrons. The summed E-state index contributed by atoms with van der Waals surface area (Å²) in [5, 5.41) is 3.28. The van der Waals surface area contributed by atoms with Crippen molar-refractivity contribution in [2.75, 3.05) is 39.8 Å². The Labute approximate surface area is 118 Å². The van der Waals surface area contributed by atoms with E-state index in [2.05, 4.69) is 31.1 Å². The maximum Gasteiger partial charge on any atom is 0.236 e. The number of amides is 1. The van der Waals surface area contributed by atoms with Crippen LogP contribution in [0.25, 0.3) is 0 Å². The molecule has 1 heterocycles. The average molecular weight is 269 g/mol. The van der Waals surface area contributed by atoms with E-state index in [0.717, 1.165) is 32.6 Å². The number of rotatable bonds is 7. The Balaban J connectivity index is 2.06. The van der Waals surface area contributed by atoms with Gasteiger partial charge in [-0.25, -0.2) is 0 Å². The van der Waals surface area contributed by atoms with Crippen molar-refractivity contribution in [1.29, 1.82) is 0 Å². The van der Waals surface area contributed by atoms with Gasteiger partial charge in [0.05, 0.1) is 6.54 Å². The maximum absolute atomic E-state index is 12.0. The largest absolute Gasteiger partial charge is 0.342 e. The average Bonchev–Trinajstić information content (AvgIpc) is 2.66. The normalized spacial score (nSPS) is 17.0. The molecular formula is C15H31N3O. The molecule has 1 fully saturated rings. The number of carbonyl (C=O) groups excluding carboxylic acids is 1. The molecule has 0 radical (unpaired) electrons. The Hall–Kier alpha value is -0.610. The first-order chi connectivity index (χ1) is 9.11. The molecule has 4 heteroatoms. The highest BCUT2D eigenvalue weighted by molar-refractivity contribution is 5.78. The molecule has 1 rings (SSSR count). The minimum Gasteiger partial charge on any atom is -0.342 e. The first-order valence-corrected chi connectivity index (χ1v) is 7.80. The summed E-state index contributed by atoms with van der Waals surface area (Å²) < 4.78 is 0. The van der Waals surface area contributed by atoms with Gasteiger partial charge in [0.15, 0.2) is 0 Å². The summed E-state index contributed by atoms with van der Waals surface area (Å²) in [7, 11) is 2.15. The monoisotopic (exact) mass is 269 g/mol. The van der Waals surface area contributed by atoms with Crippen molar-refractivity contribution >= 4 is 5.91 Å². The van der Waals surface area contributed by atoms with Crippen LogP contribution in [-0.2, 0) is 4.79 Å². The third-order valence-corrected chi connectivity index (χ3v) is 3.98. The Morgan fingerprint density at radius 3 is 2.42 bits per heavy atom. The van der Waals surface area contributed by atoms with Crippen LogP contribution >= 0.6 is 0 Å². The lowest BCUT2D eigenvalue weighted by Crippen LogP contribution is -2.39. The van der Waals surface area contributed by atoms with Gasteiger partial charge in [0.25, 0.3) is 0 Å². The highest BCUT2D eigenvalue weighted by Gasteiger charge is 2.14. The molecule has 1 aliphatic heterocycles. The van der Waals surface area contributed by atoms with E-state index in [1.165, 1.54) is 25.7 Å². The Bertz CT molecular complexity index is 248. The second kappa shape index (κ2) is 9.32. The molecule has 0 bridgehead atoms. The number of hydrogen-bond acceptors (Lipinski definition) is 3. The van der Waals surface area contributed by atoms with E-state index in [1.54, 1.807) is 0 Å². The van der Waals surface area contributed by atoms with Crippen LogP contribution in [0.15, 0.2) is 0 Å². The Kier molecular flexibility index (Phi) is 8.07. The minimum atomic E-state index is 0.277. The fourth-order valence-corrected chi connectivity index (χ4v) is 2.34. The van der Waals surface area contributed by atoms with Crippen LogP contribution in [0.3, 0.4) is 0 Å². The summed E-state index contributed by atoms with van der Waals surface area (Å²) in [5.74, 6) is 0.277. The summed E-state index contributed by atoms with van der Waals surface area (Å²) in [6.45, 7) is 8.84. The molecule has 0 saturated carbocycles. The lowest BCUT2D eigenvalue weighted by Gasteiger charge is -2.22. The van der Waals surface area contributed by atoms with Gasteiger partial charge < -0.3 is 15.1 Å². The van der Waals surface area contributed by atoms with Crippen LogP contribution < -0.4 is 5.32 Å². The van der Waals surface area contributed by atoms with Crippen molar-refractivity contribution in [2.24, 2.45) is 0 Å². The SMILES string of the molecule is CC(C)N(C)CCCNCC(=O)N1CCCCCC1. The first kappa shape index (κ1) is 16.4. The standard InChI is InChI=1S/C15H31N3O/c1-14(2)17(3)10-8-9-16-13-15(19)18-11-6-4-5-7-12-18/h14,16H,4-13H2,1-3H3. The van der Waals surface area contributed by atoms with Crippen LogP contribution in [0.1, 0.15) is 46.0 Å². The second-order valence-electron chi connectivity index (χ2n) is 5.90. The van der Waals surface area contributed by atoms with Gasteiger partial charge in [-0.1, -0.05) is 12.8 Å². The number of nitrogens with zero attached hydrogens (tertiary/aromatic N) is 2. The van der Waals surface area contributed by atoms with Gasteiger partial charge in [0.1, 0.15) is 0 Å². The summed E-state index contributed by atoms with van der Waals surface area (Å²) in [4.78, 5) is 16.4. The molecule has 1 saturated heterocycles. The van der Waals surface area contributed by atoms with Crippen molar-refractivity contribution in [3.8, 4) is 0 Å². The zero-order chi connectivity index (χ0) is 14.1. The van der Waals surface area contributed by atoms with Crippen molar-refractivity contribution in [3.05, 3.63) is 0 Å². The van der Waals surface area contributed by atoms with Crippen molar-refractivity contribution in [2.45, 2.75) is 52.0 Å². The van der Waals surface area contributed by atoms with E-state index < -0.39 is 0 Å². The summed E-state index contributed by atoms with van der Waals surface area (Å²) in [6.07, 6.45) is 6.00. The summed E-state index contributed by atoms with van der Waals surface area (Å²) in [6, 6.07) is 0.596. The molecule has 0 aromatic heterocycles. The Morgan fingerprint density at radius 1 is 1.21 bits per heavy atom. The quantitative estimate of drug-likeness (QED) is 0.715. The zero-order valence-electron chi connectivity index (χ0n) is 13.0. The van der Waals surface area contributed by atoms with E-state index in [4.69, 9.17) is 0 Å². The molecule has 1 aliphatic rings. The van der Waals surface area contributed by atoms with Crippen LogP contribution in [0, 0.1) is 0 Å². The molecule has 0 aliphatic carbocycles. The fraction of sp³-hybridized carbons (Fsp3) is 0.933. The lowest BCUT2D eigenvalue weighted by molar-refractivity contribution is -0.130. The smallest absolute Gasteiger partial charge is 0.236 e. The van der Waals surface area contributed by atoms with E-state index >= 15 is 0 Å². The zero-order valence-corrected chi connectivity index (χ0v) is 13.0. The maximum atomic E-state index is 12.0. The third-order valence-electron chi connectivity index (χ3n) is 3.98. The lowest BCUT2D eigenvalue weighted by atomic mass is 10.2.